The topological polar surface area (TPSA) is 107 Å². The Morgan fingerprint density at radius 3 is 2.30 bits per heavy atom. The number of esters is 1. The molecule has 1 amide bonds. The molecule has 0 fully saturated rings. The zero-order chi connectivity index (χ0) is 24.2. The number of fused-ring (bicyclic) bond motifs is 1. The van der Waals surface area contributed by atoms with E-state index in [1.165, 1.54) is 11.7 Å². The highest BCUT2D eigenvalue weighted by molar-refractivity contribution is 5.93. The van der Waals surface area contributed by atoms with Crippen LogP contribution in [0.3, 0.4) is 0 Å². The molecular weight excluding hydrogens is 424 g/mol. The summed E-state index contributed by atoms with van der Waals surface area (Å²) in [4.78, 5) is 37.8. The number of aliphatic hydroxyl groups is 1. The molecule has 174 valence electrons. The number of benzene rings is 2. The third-order valence-electron chi connectivity index (χ3n) is 4.97. The van der Waals surface area contributed by atoms with Crippen molar-refractivity contribution in [3.05, 3.63) is 71.9 Å². The number of nitrogens with zero attached hydrogens (tertiary/aromatic N) is 1. The number of methoxy groups -OCH3 is 1. The van der Waals surface area contributed by atoms with E-state index in [4.69, 9.17) is 9.47 Å². The number of nitrogens with one attached hydrogen (secondary N) is 1. The standard InChI is InChI=1S/C25H28N2O6/c1-25(2,3)33-24(31)27-15-17(18-12-8-9-13-20(18)27)14-19(23(30)32-4)26-22(29)21(28)16-10-6-5-7-11-16/h5-13,15,19,21,28H,14H2,1-4H3,(H,26,29)/t19-,21-/m0/s1. The Bertz CT molecular complexity index is 1150. The second-order valence-corrected chi connectivity index (χ2v) is 8.62. The molecule has 0 radical (unpaired) electrons. The summed E-state index contributed by atoms with van der Waals surface area (Å²) in [7, 11) is 1.22. The molecule has 0 spiro atoms. The Balaban J connectivity index is 1.89. The van der Waals surface area contributed by atoms with Crippen molar-refractivity contribution in [3.8, 4) is 0 Å². The molecule has 0 aliphatic rings. The number of carbonyl (C=O) groups excluding carboxylic acids is 3. The van der Waals surface area contributed by atoms with Crippen molar-refractivity contribution in [1.82, 2.24) is 9.88 Å². The van der Waals surface area contributed by atoms with E-state index in [0.717, 1.165) is 5.39 Å². The number of hydrogen-bond donors (Lipinski definition) is 2. The predicted molar refractivity (Wildman–Crippen MR) is 123 cm³/mol. The van der Waals surface area contributed by atoms with Gasteiger partial charge in [-0.05, 0) is 38.0 Å². The first-order chi connectivity index (χ1) is 15.6. The van der Waals surface area contributed by atoms with Crippen molar-refractivity contribution in [1.29, 1.82) is 0 Å². The van der Waals surface area contributed by atoms with Gasteiger partial charge in [0.05, 0.1) is 12.6 Å². The van der Waals surface area contributed by atoms with Gasteiger partial charge >= 0.3 is 12.1 Å². The fourth-order valence-electron chi connectivity index (χ4n) is 3.47. The van der Waals surface area contributed by atoms with Crippen LogP contribution in [0.1, 0.15) is 38.0 Å². The van der Waals surface area contributed by atoms with Gasteiger partial charge in [0.2, 0.25) is 0 Å². The van der Waals surface area contributed by atoms with Crippen molar-refractivity contribution in [3.63, 3.8) is 0 Å². The van der Waals surface area contributed by atoms with E-state index in [0.29, 0.717) is 16.6 Å². The Hall–Kier alpha value is -3.65. The van der Waals surface area contributed by atoms with Crippen LogP contribution in [0.5, 0.6) is 0 Å². The third kappa shape index (κ3) is 5.78. The van der Waals surface area contributed by atoms with E-state index in [-0.39, 0.29) is 6.42 Å². The van der Waals surface area contributed by atoms with Crippen LogP contribution in [0.15, 0.2) is 60.8 Å². The number of para-hydroxylation sites is 1. The number of ether oxygens (including phenoxy) is 2. The molecule has 2 N–H and O–H groups in total. The minimum absolute atomic E-state index is 0.0518. The second kappa shape index (κ2) is 9.87. The normalized spacial score (nSPS) is 13.2. The molecule has 0 saturated carbocycles. The van der Waals surface area contributed by atoms with Crippen LogP contribution in [0.2, 0.25) is 0 Å². The molecule has 8 nitrogen and oxygen atoms in total. The minimum atomic E-state index is -1.44. The molecule has 0 bridgehead atoms. The Labute approximate surface area is 192 Å². The fourth-order valence-corrected chi connectivity index (χ4v) is 3.47. The quantitative estimate of drug-likeness (QED) is 0.556. The van der Waals surface area contributed by atoms with E-state index in [1.54, 1.807) is 69.4 Å². The highest BCUT2D eigenvalue weighted by atomic mass is 16.6. The monoisotopic (exact) mass is 452 g/mol. The van der Waals surface area contributed by atoms with Gasteiger partial charge in [-0.25, -0.2) is 9.59 Å². The highest BCUT2D eigenvalue weighted by Crippen LogP contribution is 2.24. The van der Waals surface area contributed by atoms with Crippen LogP contribution >= 0.6 is 0 Å². The number of aliphatic hydroxyl groups excluding tert-OH is 1. The van der Waals surface area contributed by atoms with Gasteiger partial charge in [0.1, 0.15) is 11.6 Å². The van der Waals surface area contributed by atoms with Crippen molar-refractivity contribution in [2.24, 2.45) is 0 Å². The molecule has 1 heterocycles. The largest absolute Gasteiger partial charge is 0.467 e. The van der Waals surface area contributed by atoms with E-state index < -0.39 is 35.7 Å². The summed E-state index contributed by atoms with van der Waals surface area (Å²) < 4.78 is 11.7. The molecular formula is C25H28N2O6. The molecule has 2 aromatic carbocycles. The van der Waals surface area contributed by atoms with Crippen molar-refractivity contribution in [2.45, 2.75) is 44.9 Å². The van der Waals surface area contributed by atoms with Gasteiger partial charge in [-0.1, -0.05) is 48.5 Å². The molecule has 2 atom stereocenters. The smallest absolute Gasteiger partial charge is 0.419 e. The van der Waals surface area contributed by atoms with Crippen LogP contribution in [0.25, 0.3) is 10.9 Å². The summed E-state index contributed by atoms with van der Waals surface area (Å²) in [6, 6.07) is 14.5. The van der Waals surface area contributed by atoms with Gasteiger partial charge in [0.15, 0.2) is 6.10 Å². The predicted octanol–water partition coefficient (Wildman–Crippen LogP) is 3.36. The number of aromatic nitrogens is 1. The van der Waals surface area contributed by atoms with Crippen LogP contribution in [-0.2, 0) is 25.5 Å². The summed E-state index contributed by atoms with van der Waals surface area (Å²) in [5.41, 5.74) is 0.973. The van der Waals surface area contributed by atoms with Crippen molar-refractivity contribution < 1.29 is 29.0 Å². The average molecular weight is 453 g/mol. The molecule has 8 heteroatoms. The molecule has 0 aliphatic carbocycles. The van der Waals surface area contributed by atoms with Crippen LogP contribution in [0.4, 0.5) is 4.79 Å². The zero-order valence-electron chi connectivity index (χ0n) is 19.1. The summed E-state index contributed by atoms with van der Waals surface area (Å²) in [6.07, 6.45) is -0.352. The minimum Gasteiger partial charge on any atom is -0.467 e. The Morgan fingerprint density at radius 1 is 1.03 bits per heavy atom. The van der Waals surface area contributed by atoms with Crippen LogP contribution < -0.4 is 5.32 Å². The fraction of sp³-hybridized carbons (Fsp3) is 0.320. The maximum absolute atomic E-state index is 12.7. The van der Waals surface area contributed by atoms with Gasteiger partial charge < -0.3 is 19.9 Å². The van der Waals surface area contributed by atoms with Gasteiger partial charge in [-0.15, -0.1) is 0 Å². The van der Waals surface area contributed by atoms with E-state index in [2.05, 4.69) is 5.32 Å². The first-order valence-electron chi connectivity index (χ1n) is 10.5. The summed E-state index contributed by atoms with van der Waals surface area (Å²) >= 11 is 0. The van der Waals surface area contributed by atoms with Crippen LogP contribution in [0, 0.1) is 0 Å². The molecule has 0 aliphatic heterocycles. The van der Waals surface area contributed by atoms with E-state index in [9.17, 15) is 19.5 Å². The molecule has 0 saturated heterocycles. The summed E-state index contributed by atoms with van der Waals surface area (Å²) in [5.74, 6) is -1.40. The molecule has 1 aromatic heterocycles. The van der Waals surface area contributed by atoms with E-state index in [1.807, 2.05) is 12.1 Å². The first kappa shape index (κ1) is 24.0. The maximum Gasteiger partial charge on any atom is 0.419 e. The number of carbonyl (C=O) groups is 3. The van der Waals surface area contributed by atoms with Crippen molar-refractivity contribution in [2.75, 3.05) is 7.11 Å². The SMILES string of the molecule is COC(=O)[C@H](Cc1cn(C(=O)OC(C)(C)C)c2ccccc12)NC(=O)[C@@H](O)c1ccccc1. The lowest BCUT2D eigenvalue weighted by Gasteiger charge is -2.20. The highest BCUT2D eigenvalue weighted by Gasteiger charge is 2.28. The van der Waals surface area contributed by atoms with E-state index >= 15 is 0 Å². The molecule has 3 aromatic rings. The van der Waals surface area contributed by atoms with Gasteiger partial charge in [0, 0.05) is 18.0 Å². The number of amides is 1. The average Bonchev–Trinajstić information content (AvgIpc) is 3.15. The maximum atomic E-state index is 12.7. The lowest BCUT2D eigenvalue weighted by Crippen LogP contribution is -2.45. The molecule has 3 rings (SSSR count). The van der Waals surface area contributed by atoms with Gasteiger partial charge in [0.25, 0.3) is 5.91 Å². The summed E-state index contributed by atoms with van der Waals surface area (Å²) in [6.45, 7) is 5.33. The first-order valence-corrected chi connectivity index (χ1v) is 10.5. The van der Waals surface area contributed by atoms with Gasteiger partial charge in [-0.2, -0.15) is 0 Å². The number of rotatable bonds is 6. The third-order valence-corrected chi connectivity index (χ3v) is 4.97. The van der Waals surface area contributed by atoms with Crippen LogP contribution in [-0.4, -0.2) is 46.4 Å². The Morgan fingerprint density at radius 2 is 1.67 bits per heavy atom. The second-order valence-electron chi connectivity index (χ2n) is 8.62. The zero-order valence-corrected chi connectivity index (χ0v) is 19.1. The lowest BCUT2D eigenvalue weighted by molar-refractivity contribution is -0.146. The lowest BCUT2D eigenvalue weighted by atomic mass is 10.0. The molecule has 0 unspecified atom stereocenters. The van der Waals surface area contributed by atoms with Gasteiger partial charge in [-0.3, -0.25) is 9.36 Å². The molecule has 33 heavy (non-hydrogen) atoms. The van der Waals surface area contributed by atoms with Crippen molar-refractivity contribution >= 4 is 28.9 Å². The Kier molecular flexibility index (Phi) is 7.18. The number of hydrogen-bond acceptors (Lipinski definition) is 6. The summed E-state index contributed by atoms with van der Waals surface area (Å²) in [5, 5.41) is 13.7.